The Morgan fingerprint density at radius 2 is 0.687 bits per heavy atom. The van der Waals surface area contributed by atoms with Gasteiger partial charge in [-0.05, 0) is 129 Å². The van der Waals surface area contributed by atoms with Crippen LogP contribution in [0.2, 0.25) is 0 Å². The third-order valence-corrected chi connectivity index (χ3v) is 14.0. The smallest absolute Gasteiger partial charge is 0.160 e. The Hall–Kier alpha value is -8.54. The van der Waals surface area contributed by atoms with E-state index in [1.54, 1.807) is 0 Å². The van der Waals surface area contributed by atoms with E-state index in [0.717, 1.165) is 78.7 Å². The quantitative estimate of drug-likeness (QED) is 0.167. The van der Waals surface area contributed by atoms with E-state index in [4.69, 9.17) is 9.97 Å². The molecule has 4 heterocycles. The summed E-state index contributed by atoms with van der Waals surface area (Å²) in [7, 11) is 0. The van der Waals surface area contributed by atoms with Crippen LogP contribution >= 0.6 is 0 Å². The van der Waals surface area contributed by atoms with Crippen LogP contribution in [-0.2, 0) is 0 Å². The zero-order chi connectivity index (χ0) is 44.9. The van der Waals surface area contributed by atoms with Crippen molar-refractivity contribution in [3.63, 3.8) is 0 Å². The molecule has 0 N–H and O–H groups in total. The van der Waals surface area contributed by atoms with Crippen molar-refractivity contribution in [1.82, 2.24) is 23.7 Å². The summed E-state index contributed by atoms with van der Waals surface area (Å²) >= 11 is 0. The van der Waals surface area contributed by atoms with Gasteiger partial charge in [-0.3, -0.25) is 0 Å². The fourth-order valence-electron chi connectivity index (χ4n) is 10.8. The number of rotatable bonds is 6. The third kappa shape index (κ3) is 6.01. The molecule has 0 fully saturated rings. The first-order valence-corrected chi connectivity index (χ1v) is 23.1. The minimum Gasteiger partial charge on any atom is -0.309 e. The maximum atomic E-state index is 5.32. The van der Waals surface area contributed by atoms with Gasteiger partial charge < -0.3 is 13.7 Å². The van der Waals surface area contributed by atoms with Crippen LogP contribution in [0.15, 0.2) is 200 Å². The number of para-hydroxylation sites is 4. The van der Waals surface area contributed by atoms with Crippen molar-refractivity contribution in [1.29, 1.82) is 0 Å². The summed E-state index contributed by atoms with van der Waals surface area (Å²) in [6, 6.07) is 72.8. The average Bonchev–Trinajstić information content (AvgIpc) is 4.00. The maximum Gasteiger partial charge on any atom is 0.160 e. The first-order valence-electron chi connectivity index (χ1n) is 23.1. The van der Waals surface area contributed by atoms with Crippen LogP contribution in [0.1, 0.15) is 22.3 Å². The van der Waals surface area contributed by atoms with Crippen molar-refractivity contribution < 1.29 is 0 Å². The van der Waals surface area contributed by atoms with E-state index in [-0.39, 0.29) is 0 Å². The van der Waals surface area contributed by atoms with Crippen molar-refractivity contribution in [3.8, 4) is 51.0 Å². The van der Waals surface area contributed by atoms with Crippen LogP contribution in [-0.4, -0.2) is 23.7 Å². The van der Waals surface area contributed by atoms with Crippen molar-refractivity contribution >= 4 is 65.4 Å². The summed E-state index contributed by atoms with van der Waals surface area (Å²) in [5.74, 6) is 0.732. The van der Waals surface area contributed by atoms with E-state index in [1.165, 1.54) is 59.9 Å². The molecule has 5 nitrogen and oxygen atoms in total. The van der Waals surface area contributed by atoms with Gasteiger partial charge in [0.15, 0.2) is 5.82 Å². The highest BCUT2D eigenvalue weighted by Gasteiger charge is 2.22. The summed E-state index contributed by atoms with van der Waals surface area (Å²) in [5.41, 5.74) is 20.2. The Morgan fingerprint density at radius 1 is 0.284 bits per heavy atom. The zero-order valence-corrected chi connectivity index (χ0v) is 37.8. The number of aryl methyl sites for hydroxylation is 4. The molecule has 0 unspecified atom stereocenters. The molecule has 0 aliphatic rings. The van der Waals surface area contributed by atoms with Gasteiger partial charge in [-0.2, -0.15) is 0 Å². The van der Waals surface area contributed by atoms with Crippen molar-refractivity contribution in [2.24, 2.45) is 0 Å². The van der Waals surface area contributed by atoms with Crippen LogP contribution in [0.5, 0.6) is 0 Å². The number of aromatic nitrogens is 5. The number of hydrogen-bond acceptors (Lipinski definition) is 2. The second-order valence-corrected chi connectivity index (χ2v) is 18.0. The first kappa shape index (κ1) is 38.9. The van der Waals surface area contributed by atoms with Gasteiger partial charge >= 0.3 is 0 Å². The molecule has 0 saturated carbocycles. The van der Waals surface area contributed by atoms with Gasteiger partial charge in [0.05, 0.1) is 44.5 Å². The van der Waals surface area contributed by atoms with Crippen LogP contribution in [0.25, 0.3) is 116 Å². The molecule has 0 bridgehead atoms. The maximum absolute atomic E-state index is 5.32. The SMILES string of the molecule is Cc1ccccc1-c1cc(-c2cc(C)c(-n3c4ccc(-n5c6ccccc6c6ccccc65)cc4c4cc(-n5c6ccccc6c6ccccc65)ccc43)cc2C)nc(-c2ccccc2C)n1. The number of hydrogen-bond donors (Lipinski definition) is 0. The molecule has 5 heteroatoms. The van der Waals surface area contributed by atoms with Gasteiger partial charge in [-0.15, -0.1) is 0 Å². The van der Waals surface area contributed by atoms with Crippen molar-refractivity contribution in [2.75, 3.05) is 0 Å². The van der Waals surface area contributed by atoms with E-state index in [9.17, 15) is 0 Å². The van der Waals surface area contributed by atoms with Gasteiger partial charge in [0.25, 0.3) is 0 Å². The molecule has 0 atom stereocenters. The van der Waals surface area contributed by atoms with Crippen LogP contribution in [0.4, 0.5) is 0 Å². The number of fused-ring (bicyclic) bond motifs is 9. The Morgan fingerprint density at radius 3 is 1.16 bits per heavy atom. The molecule has 0 aliphatic heterocycles. The molecule has 0 radical (unpaired) electrons. The standard InChI is InChI=1S/C62H45N5/c1-38-17-5-7-19-44(38)53-37-54(64-62(63-53)45-20-8-6-18-39(45)2)50-33-41(4)61(34-40(50)3)67-59-31-29-42(65-55-25-13-9-21-46(55)47-22-10-14-26-56(47)65)35-51(59)52-36-43(30-32-60(52)67)66-57-27-15-11-23-48(57)49-24-12-16-28-58(49)66/h5-37H,1-4H3. The van der Waals surface area contributed by atoms with Crippen molar-refractivity contribution in [3.05, 3.63) is 222 Å². The predicted octanol–water partition coefficient (Wildman–Crippen LogP) is 16.0. The van der Waals surface area contributed by atoms with Crippen LogP contribution in [0.3, 0.4) is 0 Å². The molecule has 67 heavy (non-hydrogen) atoms. The van der Waals surface area contributed by atoms with Gasteiger partial charge in [0.2, 0.25) is 0 Å². The molecule has 13 aromatic rings. The lowest BCUT2D eigenvalue weighted by molar-refractivity contribution is 1.13. The van der Waals surface area contributed by atoms with Gasteiger partial charge in [-0.1, -0.05) is 121 Å². The molecule has 4 aromatic heterocycles. The summed E-state index contributed by atoms with van der Waals surface area (Å²) in [6.45, 7) is 8.74. The lowest BCUT2D eigenvalue weighted by Crippen LogP contribution is -2.02. The summed E-state index contributed by atoms with van der Waals surface area (Å²) in [4.78, 5) is 10.5. The fourth-order valence-corrected chi connectivity index (χ4v) is 10.8. The molecular formula is C62H45N5. The van der Waals surface area contributed by atoms with Crippen LogP contribution < -0.4 is 0 Å². The number of benzene rings is 9. The lowest BCUT2D eigenvalue weighted by Gasteiger charge is -2.17. The summed E-state index contributed by atoms with van der Waals surface area (Å²) in [5, 5.41) is 7.39. The Labute approximate surface area is 388 Å². The molecule has 0 aliphatic carbocycles. The van der Waals surface area contributed by atoms with E-state index < -0.39 is 0 Å². The molecule has 9 aromatic carbocycles. The molecular weight excluding hydrogens is 815 g/mol. The van der Waals surface area contributed by atoms with Gasteiger partial charge in [0, 0.05) is 66.1 Å². The first-order chi connectivity index (χ1) is 32.9. The number of nitrogens with zero attached hydrogens (tertiary/aromatic N) is 5. The molecule has 318 valence electrons. The monoisotopic (exact) mass is 859 g/mol. The predicted molar refractivity (Wildman–Crippen MR) is 280 cm³/mol. The second kappa shape index (κ2) is 15.0. The Balaban J connectivity index is 1.05. The Kier molecular flexibility index (Phi) is 8.71. The molecule has 0 spiro atoms. The Bertz CT molecular complexity index is 3820. The minimum absolute atomic E-state index is 0.732. The van der Waals surface area contributed by atoms with E-state index in [1.807, 2.05) is 0 Å². The largest absolute Gasteiger partial charge is 0.309 e. The molecule has 13 rings (SSSR count). The normalized spacial score (nSPS) is 11.9. The summed E-state index contributed by atoms with van der Waals surface area (Å²) < 4.78 is 7.32. The van der Waals surface area contributed by atoms with E-state index in [0.29, 0.717) is 0 Å². The average molecular weight is 860 g/mol. The molecule has 0 saturated heterocycles. The minimum atomic E-state index is 0.732. The highest BCUT2D eigenvalue weighted by atomic mass is 15.0. The third-order valence-electron chi connectivity index (χ3n) is 14.0. The summed E-state index contributed by atoms with van der Waals surface area (Å²) in [6.07, 6.45) is 0. The fraction of sp³-hybridized carbons (Fsp3) is 0.0645. The van der Waals surface area contributed by atoms with E-state index >= 15 is 0 Å². The van der Waals surface area contributed by atoms with Crippen LogP contribution in [0, 0.1) is 27.7 Å². The molecule has 0 amide bonds. The lowest BCUT2D eigenvalue weighted by atomic mass is 9.98. The van der Waals surface area contributed by atoms with Gasteiger partial charge in [-0.25, -0.2) is 9.97 Å². The van der Waals surface area contributed by atoms with E-state index in [2.05, 4.69) is 242 Å². The highest BCUT2D eigenvalue weighted by Crippen LogP contribution is 2.41. The highest BCUT2D eigenvalue weighted by molar-refractivity contribution is 6.14. The second-order valence-electron chi connectivity index (χ2n) is 18.0. The van der Waals surface area contributed by atoms with Gasteiger partial charge in [0.1, 0.15) is 0 Å². The van der Waals surface area contributed by atoms with Crippen molar-refractivity contribution in [2.45, 2.75) is 27.7 Å². The topological polar surface area (TPSA) is 40.6 Å². The zero-order valence-electron chi connectivity index (χ0n) is 37.8.